The molecule has 0 aliphatic heterocycles. The predicted octanol–water partition coefficient (Wildman–Crippen LogP) is 1.79. The van der Waals surface area contributed by atoms with Crippen LogP contribution in [-0.2, 0) is 6.54 Å². The zero-order chi connectivity index (χ0) is 11.4. The Kier molecular flexibility index (Phi) is 3.60. The van der Waals surface area contributed by atoms with Crippen molar-refractivity contribution in [3.8, 4) is 0 Å². The molecule has 1 N–H and O–H groups in total. The van der Waals surface area contributed by atoms with E-state index in [9.17, 15) is 0 Å². The highest BCUT2D eigenvalue weighted by molar-refractivity contribution is 14.1. The third kappa shape index (κ3) is 3.09. The first-order chi connectivity index (χ1) is 7.74. The van der Waals surface area contributed by atoms with Crippen LogP contribution in [0.1, 0.15) is 11.5 Å². The Hall–Kier alpha value is -1.31. The predicted molar refractivity (Wildman–Crippen MR) is 68.8 cm³/mol. The van der Waals surface area contributed by atoms with Crippen LogP contribution in [-0.4, -0.2) is 19.9 Å². The molecule has 0 radical (unpaired) electrons. The van der Waals surface area contributed by atoms with E-state index in [1.54, 1.807) is 18.6 Å². The average molecular weight is 327 g/mol. The molecule has 0 spiro atoms. The molecule has 2 rings (SSSR count). The standard InChI is InChI=1S/C10H10IN5/c1-7-12-3-2-9(16-7)6-15-10-13-4-8(11)5-14-10/h2-5H,6H2,1H3,(H,13,14,15). The summed E-state index contributed by atoms with van der Waals surface area (Å²) >= 11 is 2.17. The summed E-state index contributed by atoms with van der Waals surface area (Å²) < 4.78 is 1.01. The molecule has 2 aromatic rings. The van der Waals surface area contributed by atoms with Gasteiger partial charge in [-0.1, -0.05) is 0 Å². The van der Waals surface area contributed by atoms with Crippen LogP contribution in [0.5, 0.6) is 0 Å². The third-order valence-corrected chi connectivity index (χ3v) is 2.44. The molecule has 0 atom stereocenters. The molecule has 0 saturated heterocycles. The fraction of sp³-hybridized carbons (Fsp3) is 0.200. The van der Waals surface area contributed by atoms with Gasteiger partial charge in [-0.2, -0.15) is 0 Å². The number of nitrogens with one attached hydrogen (secondary N) is 1. The Morgan fingerprint density at radius 1 is 1.25 bits per heavy atom. The van der Waals surface area contributed by atoms with E-state index < -0.39 is 0 Å². The van der Waals surface area contributed by atoms with Crippen molar-refractivity contribution in [1.29, 1.82) is 0 Å². The maximum absolute atomic E-state index is 4.28. The lowest BCUT2D eigenvalue weighted by atomic mass is 10.4. The number of aromatic nitrogens is 4. The molecular formula is C10H10IN5. The number of halogens is 1. The first-order valence-electron chi connectivity index (χ1n) is 4.74. The van der Waals surface area contributed by atoms with E-state index in [4.69, 9.17) is 0 Å². The maximum atomic E-state index is 4.28. The highest BCUT2D eigenvalue weighted by Crippen LogP contribution is 2.04. The minimum atomic E-state index is 0.601. The second-order valence-corrected chi connectivity index (χ2v) is 4.42. The summed E-state index contributed by atoms with van der Waals surface area (Å²) in [4.78, 5) is 16.6. The van der Waals surface area contributed by atoms with Crippen LogP contribution in [0.3, 0.4) is 0 Å². The third-order valence-electron chi connectivity index (χ3n) is 1.88. The molecule has 6 heteroatoms. The van der Waals surface area contributed by atoms with Gasteiger partial charge in [0, 0.05) is 22.2 Å². The van der Waals surface area contributed by atoms with Gasteiger partial charge in [0.05, 0.1) is 12.2 Å². The highest BCUT2D eigenvalue weighted by Gasteiger charge is 1.98. The van der Waals surface area contributed by atoms with Gasteiger partial charge in [-0.15, -0.1) is 0 Å². The first kappa shape index (κ1) is 11.2. The second-order valence-electron chi connectivity index (χ2n) is 3.17. The second kappa shape index (κ2) is 5.15. The van der Waals surface area contributed by atoms with E-state index in [2.05, 4.69) is 47.8 Å². The summed E-state index contributed by atoms with van der Waals surface area (Å²) in [5, 5.41) is 3.10. The van der Waals surface area contributed by atoms with Crippen molar-refractivity contribution in [2.24, 2.45) is 0 Å². The van der Waals surface area contributed by atoms with Crippen LogP contribution in [0.4, 0.5) is 5.95 Å². The van der Waals surface area contributed by atoms with Gasteiger partial charge in [-0.3, -0.25) is 0 Å². The van der Waals surface area contributed by atoms with Crippen LogP contribution in [0, 0.1) is 10.5 Å². The Bertz CT molecular complexity index is 471. The number of rotatable bonds is 3. The summed E-state index contributed by atoms with van der Waals surface area (Å²) in [6.45, 7) is 2.47. The quantitative estimate of drug-likeness (QED) is 0.871. The van der Waals surface area contributed by atoms with E-state index in [0.29, 0.717) is 12.5 Å². The summed E-state index contributed by atoms with van der Waals surface area (Å²) in [7, 11) is 0. The van der Waals surface area contributed by atoms with Gasteiger partial charge in [0.2, 0.25) is 5.95 Å². The summed E-state index contributed by atoms with van der Waals surface area (Å²) in [6, 6.07) is 1.87. The number of hydrogen-bond acceptors (Lipinski definition) is 5. The van der Waals surface area contributed by atoms with Crippen LogP contribution in [0.2, 0.25) is 0 Å². The van der Waals surface area contributed by atoms with E-state index in [-0.39, 0.29) is 0 Å². The minimum Gasteiger partial charge on any atom is -0.349 e. The van der Waals surface area contributed by atoms with Crippen LogP contribution >= 0.6 is 22.6 Å². The molecule has 82 valence electrons. The minimum absolute atomic E-state index is 0.601. The van der Waals surface area contributed by atoms with Crippen molar-refractivity contribution in [1.82, 2.24) is 19.9 Å². The number of aryl methyl sites for hydroxylation is 1. The number of hydrogen-bond donors (Lipinski definition) is 1. The Morgan fingerprint density at radius 2 is 2.00 bits per heavy atom. The molecule has 0 unspecified atom stereocenters. The maximum Gasteiger partial charge on any atom is 0.222 e. The zero-order valence-electron chi connectivity index (χ0n) is 8.68. The Labute approximate surface area is 107 Å². The van der Waals surface area contributed by atoms with Gasteiger partial charge in [-0.05, 0) is 35.6 Å². The normalized spacial score (nSPS) is 10.1. The lowest BCUT2D eigenvalue weighted by Gasteiger charge is -2.04. The SMILES string of the molecule is Cc1nccc(CNc2ncc(I)cn2)n1. The lowest BCUT2D eigenvalue weighted by molar-refractivity contribution is 0.939. The van der Waals surface area contributed by atoms with Crippen molar-refractivity contribution >= 4 is 28.5 Å². The molecule has 0 amide bonds. The molecule has 16 heavy (non-hydrogen) atoms. The molecule has 2 heterocycles. The van der Waals surface area contributed by atoms with Gasteiger partial charge < -0.3 is 5.32 Å². The van der Waals surface area contributed by atoms with E-state index in [0.717, 1.165) is 15.1 Å². The largest absolute Gasteiger partial charge is 0.349 e. The van der Waals surface area contributed by atoms with Gasteiger partial charge in [0.1, 0.15) is 5.82 Å². The van der Waals surface area contributed by atoms with E-state index in [1.807, 2.05) is 13.0 Å². The average Bonchev–Trinajstić information content (AvgIpc) is 2.28. The molecule has 0 aromatic carbocycles. The van der Waals surface area contributed by atoms with Crippen LogP contribution in [0.25, 0.3) is 0 Å². The van der Waals surface area contributed by atoms with Gasteiger partial charge in [0.15, 0.2) is 0 Å². The fourth-order valence-corrected chi connectivity index (χ4v) is 1.46. The molecule has 2 aromatic heterocycles. The molecule has 0 saturated carbocycles. The monoisotopic (exact) mass is 327 g/mol. The summed E-state index contributed by atoms with van der Waals surface area (Å²) in [5.74, 6) is 1.37. The Balaban J connectivity index is 1.99. The van der Waals surface area contributed by atoms with Crippen molar-refractivity contribution in [3.63, 3.8) is 0 Å². The van der Waals surface area contributed by atoms with E-state index in [1.165, 1.54) is 0 Å². The topological polar surface area (TPSA) is 63.6 Å². The summed E-state index contributed by atoms with van der Waals surface area (Å²) in [5.41, 5.74) is 0.926. The Morgan fingerprint density at radius 3 is 2.69 bits per heavy atom. The molecule has 0 aliphatic rings. The summed E-state index contributed by atoms with van der Waals surface area (Å²) in [6.07, 6.45) is 5.27. The van der Waals surface area contributed by atoms with E-state index >= 15 is 0 Å². The van der Waals surface area contributed by atoms with Gasteiger partial charge >= 0.3 is 0 Å². The molecule has 0 bridgehead atoms. The molecule has 5 nitrogen and oxygen atoms in total. The van der Waals surface area contributed by atoms with Crippen molar-refractivity contribution in [2.45, 2.75) is 13.5 Å². The number of nitrogens with zero attached hydrogens (tertiary/aromatic N) is 4. The van der Waals surface area contributed by atoms with Crippen LogP contribution < -0.4 is 5.32 Å². The van der Waals surface area contributed by atoms with Crippen LogP contribution in [0.15, 0.2) is 24.7 Å². The van der Waals surface area contributed by atoms with Gasteiger partial charge in [-0.25, -0.2) is 19.9 Å². The zero-order valence-corrected chi connectivity index (χ0v) is 10.8. The van der Waals surface area contributed by atoms with Crippen molar-refractivity contribution in [2.75, 3.05) is 5.32 Å². The van der Waals surface area contributed by atoms with Crippen molar-refractivity contribution < 1.29 is 0 Å². The fourth-order valence-electron chi connectivity index (χ4n) is 1.18. The lowest BCUT2D eigenvalue weighted by Crippen LogP contribution is -2.05. The smallest absolute Gasteiger partial charge is 0.222 e. The molecule has 0 aliphatic carbocycles. The van der Waals surface area contributed by atoms with Gasteiger partial charge in [0.25, 0.3) is 0 Å². The number of anilines is 1. The molecule has 0 fully saturated rings. The molecular weight excluding hydrogens is 317 g/mol. The van der Waals surface area contributed by atoms with Crippen molar-refractivity contribution in [3.05, 3.63) is 39.7 Å². The highest BCUT2D eigenvalue weighted by atomic mass is 127. The first-order valence-corrected chi connectivity index (χ1v) is 5.82.